The molecular weight excluding hydrogens is 393 g/mol. The number of ether oxygens (including phenoxy) is 1. The zero-order chi connectivity index (χ0) is 21.6. The van der Waals surface area contributed by atoms with Gasteiger partial charge < -0.3 is 19.9 Å². The van der Waals surface area contributed by atoms with E-state index in [0.29, 0.717) is 31.8 Å². The number of benzene rings is 2. The number of hydrogen-bond acceptors (Lipinski definition) is 3. The van der Waals surface area contributed by atoms with Crippen LogP contribution in [0.3, 0.4) is 0 Å². The molecule has 0 radical (unpaired) electrons. The summed E-state index contributed by atoms with van der Waals surface area (Å²) in [6, 6.07) is 14.6. The van der Waals surface area contributed by atoms with Crippen molar-refractivity contribution in [1.82, 2.24) is 15.1 Å². The Balaban J connectivity index is 1.35. The molecule has 2 aromatic rings. The van der Waals surface area contributed by atoms with Crippen LogP contribution in [0.5, 0.6) is 5.75 Å². The van der Waals surface area contributed by atoms with E-state index < -0.39 is 0 Å². The van der Waals surface area contributed by atoms with E-state index in [2.05, 4.69) is 17.3 Å². The SMILES string of the molecule is CN1CCC[C@H]1CN(Cc1ccc(F)cc1)C(=O)NCc1ccc(OC2CCC2)cc1. The number of carbonyl (C=O) groups excluding carboxylic acids is 1. The molecule has 0 spiro atoms. The number of hydrogen-bond donors (Lipinski definition) is 1. The third-order valence-electron chi connectivity index (χ3n) is 6.40. The third-order valence-corrected chi connectivity index (χ3v) is 6.40. The van der Waals surface area contributed by atoms with Crippen molar-refractivity contribution in [2.24, 2.45) is 0 Å². The van der Waals surface area contributed by atoms with Crippen LogP contribution in [0.2, 0.25) is 0 Å². The monoisotopic (exact) mass is 425 g/mol. The molecule has 1 saturated carbocycles. The molecule has 4 rings (SSSR count). The topological polar surface area (TPSA) is 44.8 Å². The molecule has 2 amide bonds. The van der Waals surface area contributed by atoms with Crippen LogP contribution >= 0.6 is 0 Å². The summed E-state index contributed by atoms with van der Waals surface area (Å²) in [6.07, 6.45) is 6.13. The Morgan fingerprint density at radius 1 is 1.06 bits per heavy atom. The number of nitrogens with zero attached hydrogens (tertiary/aromatic N) is 2. The molecule has 6 heteroatoms. The highest BCUT2D eigenvalue weighted by molar-refractivity contribution is 5.74. The Labute approximate surface area is 184 Å². The average molecular weight is 426 g/mol. The number of likely N-dealkylation sites (tertiary alicyclic amines) is 1. The summed E-state index contributed by atoms with van der Waals surface area (Å²) in [7, 11) is 2.11. The fourth-order valence-electron chi connectivity index (χ4n) is 4.15. The average Bonchev–Trinajstić information content (AvgIpc) is 3.15. The smallest absolute Gasteiger partial charge is 0.318 e. The number of likely N-dealkylation sites (N-methyl/N-ethyl adjacent to an activating group) is 1. The molecule has 0 bridgehead atoms. The first-order chi connectivity index (χ1) is 15.1. The lowest BCUT2D eigenvalue weighted by molar-refractivity contribution is 0.120. The van der Waals surface area contributed by atoms with Crippen molar-refractivity contribution >= 4 is 6.03 Å². The third kappa shape index (κ3) is 5.97. The minimum absolute atomic E-state index is 0.0978. The predicted octanol–water partition coefficient (Wildman–Crippen LogP) is 4.56. The lowest BCUT2D eigenvalue weighted by atomic mass is 9.96. The summed E-state index contributed by atoms with van der Waals surface area (Å²) in [5, 5.41) is 3.06. The molecule has 0 aromatic heterocycles. The van der Waals surface area contributed by atoms with Gasteiger partial charge in [0, 0.05) is 25.7 Å². The minimum Gasteiger partial charge on any atom is -0.490 e. The van der Waals surface area contributed by atoms with Crippen molar-refractivity contribution in [3.63, 3.8) is 0 Å². The van der Waals surface area contributed by atoms with Crippen LogP contribution in [0.25, 0.3) is 0 Å². The summed E-state index contributed by atoms with van der Waals surface area (Å²) < 4.78 is 19.2. The van der Waals surface area contributed by atoms with Crippen LogP contribution in [0.15, 0.2) is 48.5 Å². The van der Waals surface area contributed by atoms with Crippen LogP contribution in [0.4, 0.5) is 9.18 Å². The quantitative estimate of drug-likeness (QED) is 0.674. The summed E-state index contributed by atoms with van der Waals surface area (Å²) in [4.78, 5) is 17.2. The molecule has 1 heterocycles. The molecule has 31 heavy (non-hydrogen) atoms. The number of rotatable bonds is 8. The Kier molecular flexibility index (Phi) is 7.07. The Morgan fingerprint density at radius 3 is 2.39 bits per heavy atom. The largest absolute Gasteiger partial charge is 0.490 e. The first-order valence-corrected chi connectivity index (χ1v) is 11.3. The van der Waals surface area contributed by atoms with Gasteiger partial charge in [-0.15, -0.1) is 0 Å². The number of amides is 2. The molecule has 1 atom stereocenters. The predicted molar refractivity (Wildman–Crippen MR) is 119 cm³/mol. The van der Waals surface area contributed by atoms with Gasteiger partial charge >= 0.3 is 6.03 Å². The second-order valence-corrected chi connectivity index (χ2v) is 8.76. The molecule has 1 saturated heterocycles. The van der Waals surface area contributed by atoms with E-state index in [1.807, 2.05) is 29.2 Å². The van der Waals surface area contributed by atoms with Gasteiger partial charge in [0.25, 0.3) is 0 Å². The highest BCUT2D eigenvalue weighted by atomic mass is 19.1. The van der Waals surface area contributed by atoms with Gasteiger partial charge in [0.1, 0.15) is 11.6 Å². The number of carbonyl (C=O) groups is 1. The maximum absolute atomic E-state index is 13.3. The van der Waals surface area contributed by atoms with Crippen LogP contribution in [-0.4, -0.2) is 48.1 Å². The maximum atomic E-state index is 13.3. The summed E-state index contributed by atoms with van der Waals surface area (Å²) in [5.74, 6) is 0.627. The van der Waals surface area contributed by atoms with Crippen LogP contribution < -0.4 is 10.1 Å². The second kappa shape index (κ2) is 10.1. The summed E-state index contributed by atoms with van der Waals surface area (Å²) in [6.45, 7) is 2.65. The van der Waals surface area contributed by atoms with Crippen LogP contribution in [0, 0.1) is 5.82 Å². The molecule has 2 aromatic carbocycles. The Morgan fingerprint density at radius 2 is 1.77 bits per heavy atom. The van der Waals surface area contributed by atoms with E-state index in [-0.39, 0.29) is 11.8 Å². The highest BCUT2D eigenvalue weighted by Gasteiger charge is 2.26. The van der Waals surface area contributed by atoms with Gasteiger partial charge in [0.2, 0.25) is 0 Å². The van der Waals surface area contributed by atoms with Gasteiger partial charge in [0.05, 0.1) is 6.10 Å². The number of urea groups is 1. The molecule has 166 valence electrons. The standard InChI is InChI=1S/C25H32FN3O2/c1-28-15-3-4-22(28)18-29(17-20-7-11-21(26)12-8-20)25(30)27-16-19-9-13-24(14-10-19)31-23-5-2-6-23/h7-14,22-23H,2-6,15-18H2,1H3,(H,27,30)/t22-/m0/s1. The minimum atomic E-state index is -0.264. The van der Waals surface area contributed by atoms with Gasteiger partial charge in [-0.1, -0.05) is 24.3 Å². The molecule has 5 nitrogen and oxygen atoms in total. The molecule has 2 fully saturated rings. The summed E-state index contributed by atoms with van der Waals surface area (Å²) >= 11 is 0. The lowest BCUT2D eigenvalue weighted by Gasteiger charge is -2.29. The van der Waals surface area contributed by atoms with Gasteiger partial charge in [-0.05, 0) is 81.1 Å². The molecule has 2 aliphatic rings. The van der Waals surface area contributed by atoms with Gasteiger partial charge in [-0.3, -0.25) is 0 Å². The van der Waals surface area contributed by atoms with E-state index >= 15 is 0 Å². The van der Waals surface area contributed by atoms with Gasteiger partial charge in [0.15, 0.2) is 0 Å². The van der Waals surface area contributed by atoms with Gasteiger partial charge in [-0.25, -0.2) is 9.18 Å². The van der Waals surface area contributed by atoms with Crippen LogP contribution in [0.1, 0.15) is 43.2 Å². The van der Waals surface area contributed by atoms with Crippen LogP contribution in [-0.2, 0) is 13.1 Å². The Hall–Kier alpha value is -2.60. The summed E-state index contributed by atoms with van der Waals surface area (Å²) in [5.41, 5.74) is 1.96. The second-order valence-electron chi connectivity index (χ2n) is 8.76. The zero-order valence-corrected chi connectivity index (χ0v) is 18.2. The van der Waals surface area contributed by atoms with E-state index in [1.54, 1.807) is 12.1 Å². The van der Waals surface area contributed by atoms with Crippen molar-refractivity contribution in [2.45, 2.75) is 57.3 Å². The van der Waals surface area contributed by atoms with Crippen molar-refractivity contribution in [3.8, 4) is 5.75 Å². The lowest BCUT2D eigenvalue weighted by Crippen LogP contribution is -2.45. The van der Waals surface area contributed by atoms with E-state index in [0.717, 1.165) is 49.1 Å². The maximum Gasteiger partial charge on any atom is 0.318 e. The van der Waals surface area contributed by atoms with E-state index in [1.165, 1.54) is 18.6 Å². The van der Waals surface area contributed by atoms with Crippen molar-refractivity contribution in [3.05, 3.63) is 65.5 Å². The van der Waals surface area contributed by atoms with E-state index in [9.17, 15) is 9.18 Å². The number of nitrogens with one attached hydrogen (secondary N) is 1. The van der Waals surface area contributed by atoms with Crippen molar-refractivity contribution in [2.75, 3.05) is 20.1 Å². The first kappa shape index (κ1) is 21.6. The van der Waals surface area contributed by atoms with E-state index in [4.69, 9.17) is 4.74 Å². The van der Waals surface area contributed by atoms with Gasteiger partial charge in [-0.2, -0.15) is 0 Å². The molecular formula is C25H32FN3O2. The normalized spacial score (nSPS) is 19.1. The highest BCUT2D eigenvalue weighted by Crippen LogP contribution is 2.25. The molecule has 0 unspecified atom stereocenters. The first-order valence-electron chi connectivity index (χ1n) is 11.3. The van der Waals surface area contributed by atoms with Crippen molar-refractivity contribution < 1.29 is 13.9 Å². The van der Waals surface area contributed by atoms with Crippen molar-refractivity contribution in [1.29, 1.82) is 0 Å². The fraction of sp³-hybridized carbons (Fsp3) is 0.480. The fourth-order valence-corrected chi connectivity index (χ4v) is 4.15. The molecule has 1 aliphatic heterocycles. The zero-order valence-electron chi connectivity index (χ0n) is 18.2. The molecule has 1 aliphatic carbocycles. The number of halogens is 1. The Bertz CT molecular complexity index is 852. The molecule has 1 N–H and O–H groups in total.